The highest BCUT2D eigenvalue weighted by Gasteiger charge is 2.14. The number of nitrogens with one attached hydrogen (secondary N) is 1. The quantitative estimate of drug-likeness (QED) is 0.840. The van der Waals surface area contributed by atoms with E-state index in [-0.39, 0.29) is 5.91 Å². The van der Waals surface area contributed by atoms with Gasteiger partial charge in [-0.3, -0.25) is 9.69 Å². The van der Waals surface area contributed by atoms with Crippen LogP contribution in [0.3, 0.4) is 0 Å². The summed E-state index contributed by atoms with van der Waals surface area (Å²) < 4.78 is 0. The molecular formula is C18H29N3O. The molecule has 0 spiro atoms. The number of hydrogen-bond acceptors (Lipinski definition) is 3. The van der Waals surface area contributed by atoms with Crippen molar-refractivity contribution in [3.8, 4) is 0 Å². The predicted molar refractivity (Wildman–Crippen MR) is 91.1 cm³/mol. The SMILES string of the molecule is CCCN(CCC)C(=O)c1ccc(CN2CCNCC2)cc1. The van der Waals surface area contributed by atoms with Gasteiger partial charge in [0.05, 0.1) is 0 Å². The van der Waals surface area contributed by atoms with Crippen LogP contribution < -0.4 is 5.32 Å². The van der Waals surface area contributed by atoms with Crippen LogP contribution in [0.5, 0.6) is 0 Å². The molecule has 122 valence electrons. The molecule has 1 aromatic carbocycles. The van der Waals surface area contributed by atoms with Crippen molar-refractivity contribution in [1.82, 2.24) is 15.1 Å². The van der Waals surface area contributed by atoms with Gasteiger partial charge >= 0.3 is 0 Å². The van der Waals surface area contributed by atoms with Crippen LogP contribution in [0.15, 0.2) is 24.3 Å². The third kappa shape index (κ3) is 4.82. The number of nitrogens with zero attached hydrogens (tertiary/aromatic N) is 2. The highest BCUT2D eigenvalue weighted by atomic mass is 16.2. The van der Waals surface area contributed by atoms with Crippen LogP contribution in [0, 0.1) is 0 Å². The molecule has 1 heterocycles. The molecule has 22 heavy (non-hydrogen) atoms. The van der Waals surface area contributed by atoms with Crippen molar-refractivity contribution in [2.45, 2.75) is 33.2 Å². The summed E-state index contributed by atoms with van der Waals surface area (Å²) in [5.41, 5.74) is 2.10. The van der Waals surface area contributed by atoms with E-state index in [1.807, 2.05) is 17.0 Å². The van der Waals surface area contributed by atoms with Crippen LogP contribution >= 0.6 is 0 Å². The second kappa shape index (κ2) is 8.91. The molecule has 0 atom stereocenters. The van der Waals surface area contributed by atoms with Gasteiger partial charge in [0.15, 0.2) is 0 Å². The Hall–Kier alpha value is -1.39. The van der Waals surface area contributed by atoms with Crippen molar-refractivity contribution in [2.75, 3.05) is 39.3 Å². The Bertz CT molecular complexity index is 446. The Morgan fingerprint density at radius 2 is 1.68 bits per heavy atom. The maximum atomic E-state index is 12.5. The number of rotatable bonds is 7. The second-order valence-corrected chi connectivity index (χ2v) is 6.02. The lowest BCUT2D eigenvalue weighted by Gasteiger charge is -2.27. The Labute approximate surface area is 134 Å². The molecule has 2 rings (SSSR count). The minimum Gasteiger partial charge on any atom is -0.339 e. The fourth-order valence-corrected chi connectivity index (χ4v) is 2.92. The van der Waals surface area contributed by atoms with E-state index in [1.165, 1.54) is 5.56 Å². The van der Waals surface area contributed by atoms with Crippen molar-refractivity contribution < 1.29 is 4.79 Å². The van der Waals surface area contributed by atoms with Crippen molar-refractivity contribution >= 4 is 5.91 Å². The van der Waals surface area contributed by atoms with Gasteiger partial charge in [0.1, 0.15) is 0 Å². The predicted octanol–water partition coefficient (Wildman–Crippen LogP) is 2.35. The van der Waals surface area contributed by atoms with Crippen molar-refractivity contribution in [3.63, 3.8) is 0 Å². The first-order valence-electron chi connectivity index (χ1n) is 8.56. The largest absolute Gasteiger partial charge is 0.339 e. The van der Waals surface area contributed by atoms with Gasteiger partial charge in [0.25, 0.3) is 5.91 Å². The van der Waals surface area contributed by atoms with Gasteiger partial charge in [-0.25, -0.2) is 0 Å². The van der Waals surface area contributed by atoms with E-state index in [1.54, 1.807) is 0 Å². The number of benzene rings is 1. The minimum absolute atomic E-state index is 0.164. The van der Waals surface area contributed by atoms with E-state index in [4.69, 9.17) is 0 Å². The van der Waals surface area contributed by atoms with Gasteiger partial charge < -0.3 is 10.2 Å². The van der Waals surface area contributed by atoms with E-state index in [2.05, 4.69) is 36.2 Å². The molecule has 1 N–H and O–H groups in total. The number of amides is 1. The summed E-state index contributed by atoms with van der Waals surface area (Å²) in [6, 6.07) is 8.17. The molecule has 1 fully saturated rings. The molecule has 1 saturated heterocycles. The van der Waals surface area contributed by atoms with E-state index in [9.17, 15) is 4.79 Å². The van der Waals surface area contributed by atoms with E-state index >= 15 is 0 Å². The van der Waals surface area contributed by atoms with Gasteiger partial charge in [-0.05, 0) is 30.5 Å². The lowest BCUT2D eigenvalue weighted by molar-refractivity contribution is 0.0755. The highest BCUT2D eigenvalue weighted by molar-refractivity contribution is 5.94. The molecular weight excluding hydrogens is 274 g/mol. The Balaban J connectivity index is 1.96. The van der Waals surface area contributed by atoms with Gasteiger partial charge in [-0.2, -0.15) is 0 Å². The zero-order valence-electron chi connectivity index (χ0n) is 14.0. The topological polar surface area (TPSA) is 35.6 Å². The summed E-state index contributed by atoms with van der Waals surface area (Å²) in [7, 11) is 0. The van der Waals surface area contributed by atoms with E-state index < -0.39 is 0 Å². The van der Waals surface area contributed by atoms with Crippen LogP contribution in [0.4, 0.5) is 0 Å². The fourth-order valence-electron chi connectivity index (χ4n) is 2.92. The smallest absolute Gasteiger partial charge is 0.253 e. The first-order chi connectivity index (χ1) is 10.7. The van der Waals surface area contributed by atoms with E-state index in [0.29, 0.717) is 0 Å². The van der Waals surface area contributed by atoms with Crippen molar-refractivity contribution in [2.24, 2.45) is 0 Å². The first-order valence-corrected chi connectivity index (χ1v) is 8.56. The Morgan fingerprint density at radius 1 is 1.09 bits per heavy atom. The molecule has 0 radical (unpaired) electrons. The molecule has 1 aromatic rings. The van der Waals surface area contributed by atoms with Crippen LogP contribution in [0.1, 0.15) is 42.6 Å². The highest BCUT2D eigenvalue weighted by Crippen LogP contribution is 2.11. The Morgan fingerprint density at radius 3 is 2.23 bits per heavy atom. The number of hydrogen-bond donors (Lipinski definition) is 1. The van der Waals surface area contributed by atoms with E-state index in [0.717, 1.165) is 64.2 Å². The average Bonchev–Trinajstić information content (AvgIpc) is 2.56. The van der Waals surface area contributed by atoms with Crippen LogP contribution in [0.2, 0.25) is 0 Å². The lowest BCUT2D eigenvalue weighted by atomic mass is 10.1. The minimum atomic E-state index is 0.164. The zero-order valence-corrected chi connectivity index (χ0v) is 14.0. The van der Waals surface area contributed by atoms with Crippen LogP contribution in [0.25, 0.3) is 0 Å². The molecule has 0 aromatic heterocycles. The van der Waals surface area contributed by atoms with Crippen molar-refractivity contribution in [3.05, 3.63) is 35.4 Å². The molecule has 0 unspecified atom stereocenters. The number of carbonyl (C=O) groups excluding carboxylic acids is 1. The molecule has 4 nitrogen and oxygen atoms in total. The summed E-state index contributed by atoms with van der Waals surface area (Å²) in [6.45, 7) is 11.2. The lowest BCUT2D eigenvalue weighted by Crippen LogP contribution is -2.42. The first kappa shape index (κ1) is 17.0. The summed E-state index contributed by atoms with van der Waals surface area (Å²) in [6.07, 6.45) is 2.01. The standard InChI is InChI=1S/C18H29N3O/c1-3-11-21(12-4-2)18(22)17-7-5-16(6-8-17)15-20-13-9-19-10-14-20/h5-8,19H,3-4,9-15H2,1-2H3. The third-order valence-corrected chi connectivity index (χ3v) is 4.09. The fraction of sp³-hybridized carbons (Fsp3) is 0.611. The molecule has 1 aliphatic heterocycles. The van der Waals surface area contributed by atoms with Crippen LogP contribution in [-0.4, -0.2) is 55.0 Å². The van der Waals surface area contributed by atoms with Crippen molar-refractivity contribution in [1.29, 1.82) is 0 Å². The molecule has 1 aliphatic rings. The summed E-state index contributed by atoms with van der Waals surface area (Å²) in [5.74, 6) is 0.164. The monoisotopic (exact) mass is 303 g/mol. The summed E-state index contributed by atoms with van der Waals surface area (Å²) in [5, 5.41) is 3.37. The normalized spacial score (nSPS) is 15.7. The molecule has 0 aliphatic carbocycles. The number of piperazine rings is 1. The Kier molecular flexibility index (Phi) is 6.87. The maximum Gasteiger partial charge on any atom is 0.253 e. The van der Waals surface area contributed by atoms with Gasteiger partial charge in [0.2, 0.25) is 0 Å². The molecule has 0 bridgehead atoms. The zero-order chi connectivity index (χ0) is 15.8. The van der Waals surface area contributed by atoms with Gasteiger partial charge in [-0.1, -0.05) is 26.0 Å². The van der Waals surface area contributed by atoms with Gasteiger partial charge in [-0.15, -0.1) is 0 Å². The molecule has 0 saturated carbocycles. The summed E-state index contributed by atoms with van der Waals surface area (Å²) in [4.78, 5) is 16.9. The average molecular weight is 303 g/mol. The maximum absolute atomic E-state index is 12.5. The van der Waals surface area contributed by atoms with Crippen LogP contribution in [-0.2, 0) is 6.54 Å². The number of carbonyl (C=O) groups is 1. The van der Waals surface area contributed by atoms with Gasteiger partial charge in [0, 0.05) is 51.4 Å². The summed E-state index contributed by atoms with van der Waals surface area (Å²) >= 11 is 0. The molecule has 1 amide bonds. The third-order valence-electron chi connectivity index (χ3n) is 4.09. The second-order valence-electron chi connectivity index (χ2n) is 6.02. The molecule has 4 heteroatoms.